The van der Waals surface area contributed by atoms with Gasteiger partial charge in [0.1, 0.15) is 0 Å². The number of fused-ring (bicyclic) bond motifs is 1. The van der Waals surface area contributed by atoms with E-state index in [1.807, 2.05) is 0 Å². The number of likely N-dealkylation sites (tertiary alicyclic amines) is 1. The lowest BCUT2D eigenvalue weighted by Crippen LogP contribution is -2.46. The van der Waals surface area contributed by atoms with Crippen LogP contribution in [0.2, 0.25) is 0 Å². The highest BCUT2D eigenvalue weighted by atomic mass is 16.2. The zero-order chi connectivity index (χ0) is 22.8. The fourth-order valence-electron chi connectivity index (χ4n) is 5.78. The van der Waals surface area contributed by atoms with Crippen LogP contribution in [0.25, 0.3) is 0 Å². The van der Waals surface area contributed by atoms with E-state index in [9.17, 15) is 4.79 Å². The molecule has 2 aliphatic rings. The number of nitrogens with zero attached hydrogens (tertiary/aromatic N) is 2. The van der Waals surface area contributed by atoms with Crippen molar-refractivity contribution < 1.29 is 4.79 Å². The zero-order valence-electron chi connectivity index (χ0n) is 19.8. The van der Waals surface area contributed by atoms with Gasteiger partial charge in [-0.15, -0.1) is 0 Å². The minimum absolute atomic E-state index is 0.0720. The Morgan fingerprint density at radius 3 is 2.33 bits per heavy atom. The van der Waals surface area contributed by atoms with Crippen LogP contribution in [0.3, 0.4) is 0 Å². The third kappa shape index (κ3) is 4.17. The van der Waals surface area contributed by atoms with Gasteiger partial charge in [0.05, 0.1) is 5.92 Å². The van der Waals surface area contributed by atoms with Gasteiger partial charge in [0.2, 0.25) is 5.91 Å². The van der Waals surface area contributed by atoms with Gasteiger partial charge < -0.3 is 9.80 Å². The van der Waals surface area contributed by atoms with Gasteiger partial charge in [-0.3, -0.25) is 4.79 Å². The van der Waals surface area contributed by atoms with Crippen molar-refractivity contribution in [1.29, 1.82) is 0 Å². The van der Waals surface area contributed by atoms with E-state index in [-0.39, 0.29) is 11.3 Å². The van der Waals surface area contributed by atoms with E-state index in [1.54, 1.807) is 0 Å². The van der Waals surface area contributed by atoms with Crippen molar-refractivity contribution in [2.24, 2.45) is 0 Å². The first kappa shape index (κ1) is 21.8. The second-order valence-electron chi connectivity index (χ2n) is 9.87. The number of piperidine rings is 1. The maximum absolute atomic E-state index is 13.7. The molecule has 3 nitrogen and oxygen atoms in total. The molecule has 0 aromatic heterocycles. The summed E-state index contributed by atoms with van der Waals surface area (Å²) in [5.74, 6) is 0.223. The number of carbonyl (C=O) groups excluding carboxylic acids is 1. The molecular formula is C30H34N2O. The monoisotopic (exact) mass is 438 g/mol. The average molecular weight is 439 g/mol. The maximum Gasteiger partial charge on any atom is 0.231 e. The Labute approximate surface area is 198 Å². The molecule has 2 heterocycles. The minimum atomic E-state index is -0.0720. The summed E-state index contributed by atoms with van der Waals surface area (Å²) in [5, 5.41) is 0. The van der Waals surface area contributed by atoms with E-state index in [2.05, 4.69) is 103 Å². The maximum atomic E-state index is 13.7. The molecule has 0 saturated carbocycles. The number of hydrogen-bond acceptors (Lipinski definition) is 2. The summed E-state index contributed by atoms with van der Waals surface area (Å²) in [6.07, 6.45) is 3.11. The van der Waals surface area contributed by atoms with Crippen molar-refractivity contribution in [2.45, 2.75) is 51.0 Å². The molecule has 3 aromatic carbocycles. The molecule has 33 heavy (non-hydrogen) atoms. The molecule has 170 valence electrons. The first-order valence-electron chi connectivity index (χ1n) is 12.3. The van der Waals surface area contributed by atoms with Gasteiger partial charge in [0, 0.05) is 31.9 Å². The Kier molecular flexibility index (Phi) is 5.97. The highest BCUT2D eigenvalue weighted by molar-refractivity contribution is 5.88. The number of para-hydroxylation sites is 1. The number of aryl methyl sites for hydroxylation is 1. The van der Waals surface area contributed by atoms with Crippen molar-refractivity contribution in [3.8, 4) is 0 Å². The Balaban J connectivity index is 1.31. The lowest BCUT2D eigenvalue weighted by atomic mass is 9.72. The summed E-state index contributed by atoms with van der Waals surface area (Å²) in [6, 6.07) is 27.9. The molecule has 0 aliphatic carbocycles. The second kappa shape index (κ2) is 9.05. The summed E-state index contributed by atoms with van der Waals surface area (Å²) in [4.78, 5) is 18.2. The normalized spacial score (nSPS) is 19.4. The molecule has 1 unspecified atom stereocenters. The van der Waals surface area contributed by atoms with E-state index in [0.29, 0.717) is 5.91 Å². The third-order valence-corrected chi connectivity index (χ3v) is 7.80. The summed E-state index contributed by atoms with van der Waals surface area (Å²) in [6.45, 7) is 7.90. The molecule has 0 N–H and O–H groups in total. The van der Waals surface area contributed by atoms with Crippen molar-refractivity contribution in [1.82, 2.24) is 4.90 Å². The molecule has 3 aromatic rings. The number of carbonyl (C=O) groups is 1. The number of benzene rings is 3. The summed E-state index contributed by atoms with van der Waals surface area (Å²) in [5.41, 5.74) is 6.74. The Morgan fingerprint density at radius 1 is 0.909 bits per heavy atom. The predicted octanol–water partition coefficient (Wildman–Crippen LogP) is 5.93. The van der Waals surface area contributed by atoms with Gasteiger partial charge in [0.15, 0.2) is 0 Å². The van der Waals surface area contributed by atoms with Crippen LogP contribution in [0, 0.1) is 0 Å². The van der Waals surface area contributed by atoms with Crippen molar-refractivity contribution in [3.05, 3.63) is 101 Å². The molecule has 1 saturated heterocycles. The average Bonchev–Trinajstić information content (AvgIpc) is 3.23. The van der Waals surface area contributed by atoms with Gasteiger partial charge in [-0.1, -0.05) is 86.6 Å². The largest absolute Gasteiger partial charge is 0.366 e. The van der Waals surface area contributed by atoms with Crippen LogP contribution in [0.5, 0.6) is 0 Å². The van der Waals surface area contributed by atoms with E-state index in [4.69, 9.17) is 0 Å². The SMILES string of the molecule is CCc1ccccc1C1(C)CCN(C(=O)C2CN(Cc3ccccc3)c3ccccc32)CC1. The standard InChI is InChI=1S/C30H34N2O/c1-3-24-13-7-9-15-27(24)30(2)17-19-31(20-18-30)29(33)26-22-32(21-23-11-5-4-6-12-23)28-16-10-8-14-25(26)28/h4-16,26H,3,17-22H2,1-2H3. The third-order valence-electron chi connectivity index (χ3n) is 7.80. The van der Waals surface area contributed by atoms with Crippen LogP contribution >= 0.6 is 0 Å². The Morgan fingerprint density at radius 2 is 1.58 bits per heavy atom. The number of hydrogen-bond donors (Lipinski definition) is 0. The Hall–Kier alpha value is -3.07. The van der Waals surface area contributed by atoms with E-state index in [1.165, 1.54) is 27.9 Å². The minimum Gasteiger partial charge on any atom is -0.366 e. The fourth-order valence-corrected chi connectivity index (χ4v) is 5.78. The molecular weight excluding hydrogens is 404 g/mol. The van der Waals surface area contributed by atoms with Gasteiger partial charge in [-0.05, 0) is 53.0 Å². The van der Waals surface area contributed by atoms with E-state index in [0.717, 1.165) is 45.4 Å². The van der Waals surface area contributed by atoms with Crippen molar-refractivity contribution in [3.63, 3.8) is 0 Å². The molecule has 0 spiro atoms. The van der Waals surface area contributed by atoms with Crippen LogP contribution < -0.4 is 4.90 Å². The molecule has 1 fully saturated rings. The van der Waals surface area contributed by atoms with Crippen LogP contribution in [0.4, 0.5) is 5.69 Å². The number of anilines is 1. The molecule has 0 radical (unpaired) electrons. The number of amides is 1. The smallest absolute Gasteiger partial charge is 0.231 e. The highest BCUT2D eigenvalue weighted by Crippen LogP contribution is 2.41. The predicted molar refractivity (Wildman–Crippen MR) is 136 cm³/mol. The van der Waals surface area contributed by atoms with Gasteiger partial charge >= 0.3 is 0 Å². The van der Waals surface area contributed by atoms with E-state index < -0.39 is 0 Å². The van der Waals surface area contributed by atoms with Crippen molar-refractivity contribution >= 4 is 11.6 Å². The van der Waals surface area contributed by atoms with Gasteiger partial charge in [-0.2, -0.15) is 0 Å². The van der Waals surface area contributed by atoms with Gasteiger partial charge in [0.25, 0.3) is 0 Å². The molecule has 5 rings (SSSR count). The Bertz CT molecular complexity index is 1110. The first-order valence-corrected chi connectivity index (χ1v) is 12.3. The number of rotatable bonds is 5. The fraction of sp³-hybridized carbons (Fsp3) is 0.367. The van der Waals surface area contributed by atoms with E-state index >= 15 is 0 Å². The second-order valence-corrected chi connectivity index (χ2v) is 9.87. The summed E-state index contributed by atoms with van der Waals surface area (Å²) in [7, 11) is 0. The van der Waals surface area contributed by atoms with Crippen molar-refractivity contribution in [2.75, 3.05) is 24.5 Å². The molecule has 3 heteroatoms. The summed E-state index contributed by atoms with van der Waals surface area (Å²) >= 11 is 0. The lowest BCUT2D eigenvalue weighted by Gasteiger charge is -2.41. The first-order chi connectivity index (χ1) is 16.1. The zero-order valence-corrected chi connectivity index (χ0v) is 19.8. The van der Waals surface area contributed by atoms with Crippen LogP contribution in [-0.2, 0) is 23.2 Å². The lowest BCUT2D eigenvalue weighted by molar-refractivity contribution is -0.134. The van der Waals surface area contributed by atoms with Crippen LogP contribution in [-0.4, -0.2) is 30.4 Å². The highest BCUT2D eigenvalue weighted by Gasteiger charge is 2.39. The van der Waals surface area contributed by atoms with Crippen LogP contribution in [0.15, 0.2) is 78.9 Å². The summed E-state index contributed by atoms with van der Waals surface area (Å²) < 4.78 is 0. The van der Waals surface area contributed by atoms with Crippen LogP contribution in [0.1, 0.15) is 54.9 Å². The topological polar surface area (TPSA) is 23.6 Å². The molecule has 0 bridgehead atoms. The molecule has 1 amide bonds. The quantitative estimate of drug-likeness (QED) is 0.493. The molecule has 2 aliphatic heterocycles. The van der Waals surface area contributed by atoms with Gasteiger partial charge in [-0.25, -0.2) is 0 Å². The molecule has 1 atom stereocenters.